The topological polar surface area (TPSA) is 115 Å². The van der Waals surface area contributed by atoms with Gasteiger partial charge >= 0.3 is 7.60 Å². The van der Waals surface area contributed by atoms with E-state index in [1.807, 2.05) is 0 Å². The highest BCUT2D eigenvalue weighted by Gasteiger charge is 2.27. The van der Waals surface area contributed by atoms with E-state index in [9.17, 15) is 13.7 Å². The van der Waals surface area contributed by atoms with Crippen molar-refractivity contribution in [1.29, 1.82) is 0 Å². The van der Waals surface area contributed by atoms with Crippen molar-refractivity contribution in [3.63, 3.8) is 0 Å². The first-order valence-electron chi connectivity index (χ1n) is 4.39. The predicted octanol–water partition coefficient (Wildman–Crippen LogP) is 0.861. The molecule has 0 spiro atoms. The molecule has 3 N–H and O–H groups in total. The fourth-order valence-corrected chi connectivity index (χ4v) is 4.55. The van der Waals surface area contributed by atoms with Crippen molar-refractivity contribution in [2.24, 2.45) is 0 Å². The molecule has 98 valence electrons. The molecule has 1 atom stereocenters. The van der Waals surface area contributed by atoms with Crippen molar-refractivity contribution in [3.05, 3.63) is 0 Å². The smallest absolute Gasteiger partial charge is 0.339 e. The number of rotatable bonds is 6. The van der Waals surface area contributed by atoms with Gasteiger partial charge in [0.05, 0.1) is 19.7 Å². The molecule has 0 saturated carbocycles. The lowest BCUT2D eigenvalue weighted by molar-refractivity contribution is 0.318. The highest BCUT2D eigenvalue weighted by Crippen LogP contribution is 2.45. The Labute approximate surface area is 94.8 Å². The molecule has 10 heteroatoms. The first kappa shape index (κ1) is 16.5. The standard InChI is InChI=1S/C6H18NO6P3/c1-14(2,8)4-7(5-15(3,9)10)6-16(11,12)13/h4-6H2,1-3H3,(H,9,10)(H2,11,12,13). The van der Waals surface area contributed by atoms with Crippen molar-refractivity contribution in [2.75, 3.05) is 38.9 Å². The molecule has 0 aromatic carbocycles. The van der Waals surface area contributed by atoms with Crippen LogP contribution in [0.3, 0.4) is 0 Å². The molecule has 0 heterocycles. The molecule has 0 rings (SSSR count). The van der Waals surface area contributed by atoms with Gasteiger partial charge in [-0.05, 0) is 13.3 Å². The van der Waals surface area contributed by atoms with E-state index >= 15 is 0 Å². The van der Waals surface area contributed by atoms with Gasteiger partial charge in [0.1, 0.15) is 6.29 Å². The Kier molecular flexibility index (Phi) is 5.63. The summed E-state index contributed by atoms with van der Waals surface area (Å²) in [5.41, 5.74) is 0. The van der Waals surface area contributed by atoms with E-state index in [4.69, 9.17) is 14.7 Å². The molecule has 0 saturated heterocycles. The lowest BCUT2D eigenvalue weighted by Gasteiger charge is -2.25. The lowest BCUT2D eigenvalue weighted by Crippen LogP contribution is -2.27. The molecule has 1 unspecified atom stereocenters. The molecule has 0 aromatic rings. The van der Waals surface area contributed by atoms with E-state index < -0.39 is 28.4 Å². The molecule has 0 radical (unpaired) electrons. The van der Waals surface area contributed by atoms with E-state index in [0.29, 0.717) is 0 Å². The van der Waals surface area contributed by atoms with Crippen LogP contribution in [0.5, 0.6) is 0 Å². The average Bonchev–Trinajstić information content (AvgIpc) is 1.70. The van der Waals surface area contributed by atoms with Gasteiger partial charge in [-0.3, -0.25) is 14.0 Å². The van der Waals surface area contributed by atoms with E-state index in [0.717, 1.165) is 11.6 Å². The van der Waals surface area contributed by atoms with Crippen LogP contribution in [0.1, 0.15) is 0 Å². The molecule has 7 nitrogen and oxygen atoms in total. The van der Waals surface area contributed by atoms with Gasteiger partial charge < -0.3 is 19.2 Å². The second-order valence-electron chi connectivity index (χ2n) is 4.38. The van der Waals surface area contributed by atoms with Crippen LogP contribution in [0.4, 0.5) is 0 Å². The number of nitrogens with zero attached hydrogens (tertiary/aromatic N) is 1. The van der Waals surface area contributed by atoms with Crippen molar-refractivity contribution >= 4 is 22.1 Å². The van der Waals surface area contributed by atoms with Gasteiger partial charge in [0.2, 0.25) is 7.37 Å². The first-order chi connectivity index (χ1) is 6.79. The zero-order chi connectivity index (χ0) is 13.2. The molecule has 0 fully saturated rings. The van der Waals surface area contributed by atoms with E-state index in [-0.39, 0.29) is 12.6 Å². The van der Waals surface area contributed by atoms with Crippen LogP contribution in [0.2, 0.25) is 0 Å². The van der Waals surface area contributed by atoms with Gasteiger partial charge in [-0.2, -0.15) is 0 Å². The summed E-state index contributed by atoms with van der Waals surface area (Å²) in [6.45, 7) is 4.01. The number of hydrogen-bond donors (Lipinski definition) is 3. The Morgan fingerprint density at radius 3 is 1.56 bits per heavy atom. The third-order valence-electron chi connectivity index (χ3n) is 1.39. The van der Waals surface area contributed by atoms with Gasteiger partial charge in [0.15, 0.2) is 0 Å². The van der Waals surface area contributed by atoms with Gasteiger partial charge in [-0.25, -0.2) is 0 Å². The van der Waals surface area contributed by atoms with Crippen LogP contribution < -0.4 is 0 Å². The van der Waals surface area contributed by atoms with Crippen LogP contribution in [-0.2, 0) is 13.7 Å². The quantitative estimate of drug-likeness (QED) is 0.622. The van der Waals surface area contributed by atoms with Crippen LogP contribution >= 0.6 is 22.1 Å². The Morgan fingerprint density at radius 2 is 1.31 bits per heavy atom. The number of hydrogen-bond acceptors (Lipinski definition) is 4. The minimum atomic E-state index is -4.32. The van der Waals surface area contributed by atoms with Gasteiger partial charge in [-0.1, -0.05) is 0 Å². The molecule has 0 aliphatic rings. The van der Waals surface area contributed by atoms with Crippen LogP contribution in [0, 0.1) is 0 Å². The Morgan fingerprint density at radius 1 is 0.875 bits per heavy atom. The highest BCUT2D eigenvalue weighted by molar-refractivity contribution is 7.62. The van der Waals surface area contributed by atoms with Crippen LogP contribution in [0.25, 0.3) is 0 Å². The maximum absolute atomic E-state index is 11.5. The van der Waals surface area contributed by atoms with E-state index in [2.05, 4.69) is 0 Å². The summed E-state index contributed by atoms with van der Waals surface area (Å²) in [5.74, 6) is 0. The van der Waals surface area contributed by atoms with Crippen LogP contribution in [-0.4, -0.2) is 58.4 Å². The largest absolute Gasteiger partial charge is 0.344 e. The zero-order valence-corrected chi connectivity index (χ0v) is 12.2. The van der Waals surface area contributed by atoms with Gasteiger partial charge in [0.25, 0.3) is 0 Å². The second-order valence-corrected chi connectivity index (χ2v) is 11.8. The summed E-state index contributed by atoms with van der Waals surface area (Å²) in [7, 11) is -10.3. The summed E-state index contributed by atoms with van der Waals surface area (Å²) < 4.78 is 33.5. The maximum atomic E-state index is 11.5. The third-order valence-corrected chi connectivity index (χ3v) is 4.16. The summed E-state index contributed by atoms with van der Waals surface area (Å²) in [5, 5.41) is 0. The summed E-state index contributed by atoms with van der Waals surface area (Å²) in [6.07, 6.45) is -1.11. The SMILES string of the molecule is CP(C)(=O)CN(CP(C)(=O)O)CP(=O)(O)O. The molecular formula is C6H18NO6P3. The normalized spacial score (nSPS) is 17.4. The molecule has 16 heavy (non-hydrogen) atoms. The van der Waals surface area contributed by atoms with Gasteiger partial charge in [0, 0.05) is 6.66 Å². The van der Waals surface area contributed by atoms with Gasteiger partial charge in [-0.15, -0.1) is 0 Å². The monoisotopic (exact) mass is 293 g/mol. The third kappa shape index (κ3) is 11.0. The summed E-state index contributed by atoms with van der Waals surface area (Å²) in [4.78, 5) is 27.8. The molecule has 0 aliphatic heterocycles. The fraction of sp³-hybridized carbons (Fsp3) is 1.00. The molecule has 0 aliphatic carbocycles. The Bertz CT molecular complexity index is 307. The lowest BCUT2D eigenvalue weighted by atomic mass is 11.0. The van der Waals surface area contributed by atoms with Crippen molar-refractivity contribution in [1.82, 2.24) is 4.90 Å². The molecular weight excluding hydrogens is 275 g/mol. The molecule has 0 aromatic heterocycles. The van der Waals surface area contributed by atoms with Crippen molar-refractivity contribution < 1.29 is 28.4 Å². The fourth-order valence-electron chi connectivity index (χ4n) is 1.25. The Balaban J connectivity index is 4.72. The summed E-state index contributed by atoms with van der Waals surface area (Å²) in [6, 6.07) is 0. The predicted molar refractivity (Wildman–Crippen MR) is 63.7 cm³/mol. The summed E-state index contributed by atoms with van der Waals surface area (Å²) >= 11 is 0. The average molecular weight is 293 g/mol. The minimum absolute atomic E-state index is 0.0868. The maximum Gasteiger partial charge on any atom is 0.339 e. The Hall–Kier alpha value is 0.530. The first-order valence-corrected chi connectivity index (χ1v) is 11.3. The minimum Gasteiger partial charge on any atom is -0.344 e. The van der Waals surface area contributed by atoms with E-state index in [1.54, 1.807) is 0 Å². The molecule has 0 bridgehead atoms. The molecule has 0 amide bonds. The van der Waals surface area contributed by atoms with Crippen LogP contribution in [0.15, 0.2) is 0 Å². The van der Waals surface area contributed by atoms with E-state index in [1.165, 1.54) is 13.3 Å². The second kappa shape index (κ2) is 5.45. The zero-order valence-electron chi connectivity index (χ0n) is 9.48. The highest BCUT2D eigenvalue weighted by atomic mass is 31.2. The van der Waals surface area contributed by atoms with Crippen molar-refractivity contribution in [2.45, 2.75) is 0 Å². The van der Waals surface area contributed by atoms with Crippen molar-refractivity contribution in [3.8, 4) is 0 Å².